The molecular formula is C14H19ClN2O4. The zero-order chi connectivity index (χ0) is 16.2. The van der Waals surface area contributed by atoms with E-state index in [1.165, 1.54) is 12.1 Å². The van der Waals surface area contributed by atoms with Crippen molar-refractivity contribution in [2.45, 2.75) is 33.2 Å². The van der Waals surface area contributed by atoms with Gasteiger partial charge in [0.05, 0.1) is 4.92 Å². The summed E-state index contributed by atoms with van der Waals surface area (Å²) in [6.07, 6.45) is 0.372. The van der Waals surface area contributed by atoms with Crippen LogP contribution in [0, 0.1) is 15.5 Å². The number of rotatable bonds is 5. The fourth-order valence-corrected chi connectivity index (χ4v) is 2.10. The average Bonchev–Trinajstić information content (AvgIpc) is 2.36. The van der Waals surface area contributed by atoms with Crippen LogP contribution in [0.3, 0.4) is 0 Å². The molecule has 0 bridgehead atoms. The van der Waals surface area contributed by atoms with Crippen molar-refractivity contribution >= 4 is 23.2 Å². The van der Waals surface area contributed by atoms with Crippen molar-refractivity contribution in [2.75, 3.05) is 6.61 Å². The van der Waals surface area contributed by atoms with Gasteiger partial charge >= 0.3 is 0 Å². The first-order valence-corrected chi connectivity index (χ1v) is 6.90. The van der Waals surface area contributed by atoms with E-state index in [1.807, 2.05) is 20.8 Å². The highest BCUT2D eigenvalue weighted by atomic mass is 35.5. The third-order valence-corrected chi connectivity index (χ3v) is 3.40. The monoisotopic (exact) mass is 314 g/mol. The van der Waals surface area contributed by atoms with Crippen LogP contribution in [0.25, 0.3) is 0 Å². The minimum absolute atomic E-state index is 0.0448. The number of aliphatic hydroxyl groups excluding tert-OH is 1. The molecule has 0 fully saturated rings. The molecule has 0 aromatic heterocycles. The standard InChI is InChI=1S/C14H19ClN2O4/c1-14(2,3)12(6-7-18)16-13(19)10-5-4-9(15)8-11(10)17(20)21/h4-5,8,12,18H,6-7H2,1-3H3,(H,16,19). The zero-order valence-corrected chi connectivity index (χ0v) is 13.0. The van der Waals surface area contributed by atoms with E-state index in [0.717, 1.165) is 6.07 Å². The molecule has 116 valence electrons. The molecule has 1 rings (SSSR count). The molecule has 6 nitrogen and oxygen atoms in total. The van der Waals surface area contributed by atoms with Gasteiger partial charge in [0.25, 0.3) is 11.6 Å². The van der Waals surface area contributed by atoms with Gasteiger partial charge < -0.3 is 10.4 Å². The largest absolute Gasteiger partial charge is 0.396 e. The second-order valence-corrected chi connectivity index (χ2v) is 6.26. The van der Waals surface area contributed by atoms with Gasteiger partial charge in [-0.1, -0.05) is 32.4 Å². The number of benzene rings is 1. The minimum Gasteiger partial charge on any atom is -0.396 e. The zero-order valence-electron chi connectivity index (χ0n) is 12.2. The number of aliphatic hydroxyl groups is 1. The second-order valence-electron chi connectivity index (χ2n) is 5.82. The minimum atomic E-state index is -0.640. The molecule has 1 aromatic rings. The summed E-state index contributed by atoms with van der Waals surface area (Å²) in [5.41, 5.74) is -0.659. The molecule has 1 atom stereocenters. The summed E-state index contributed by atoms with van der Waals surface area (Å²) in [6, 6.07) is 3.61. The second kappa shape index (κ2) is 6.87. The molecule has 21 heavy (non-hydrogen) atoms. The van der Waals surface area contributed by atoms with E-state index in [9.17, 15) is 14.9 Å². The molecule has 0 aliphatic carbocycles. The third-order valence-electron chi connectivity index (χ3n) is 3.17. The first kappa shape index (κ1) is 17.4. The molecule has 7 heteroatoms. The van der Waals surface area contributed by atoms with Crippen LogP contribution in [0.2, 0.25) is 5.02 Å². The Morgan fingerprint density at radius 1 is 1.48 bits per heavy atom. The van der Waals surface area contributed by atoms with Crippen LogP contribution in [-0.2, 0) is 0 Å². The Hall–Kier alpha value is -1.66. The maximum Gasteiger partial charge on any atom is 0.283 e. The molecule has 0 saturated heterocycles. The van der Waals surface area contributed by atoms with E-state index in [0.29, 0.717) is 6.42 Å². The first-order chi connectivity index (χ1) is 9.66. The van der Waals surface area contributed by atoms with Crippen LogP contribution in [-0.4, -0.2) is 28.6 Å². The van der Waals surface area contributed by atoms with Crippen molar-refractivity contribution < 1.29 is 14.8 Å². The lowest BCUT2D eigenvalue weighted by atomic mass is 9.84. The summed E-state index contributed by atoms with van der Waals surface area (Å²) in [5, 5.41) is 23.0. The number of amides is 1. The van der Waals surface area contributed by atoms with Crippen LogP contribution in [0.15, 0.2) is 18.2 Å². The van der Waals surface area contributed by atoms with Crippen molar-refractivity contribution in [3.05, 3.63) is 38.9 Å². The number of nitro groups is 1. The van der Waals surface area contributed by atoms with E-state index >= 15 is 0 Å². The normalized spacial score (nSPS) is 12.8. The third kappa shape index (κ3) is 4.68. The van der Waals surface area contributed by atoms with E-state index < -0.39 is 10.8 Å². The first-order valence-electron chi connectivity index (χ1n) is 6.52. The molecular weight excluding hydrogens is 296 g/mol. The summed E-state index contributed by atoms with van der Waals surface area (Å²) < 4.78 is 0. The number of carbonyl (C=O) groups excluding carboxylic acids is 1. The maximum atomic E-state index is 12.3. The van der Waals surface area contributed by atoms with Gasteiger partial charge in [0.15, 0.2) is 0 Å². The van der Waals surface area contributed by atoms with Gasteiger partial charge in [-0.25, -0.2) is 0 Å². The van der Waals surface area contributed by atoms with Gasteiger partial charge in [-0.05, 0) is 24.0 Å². The van der Waals surface area contributed by atoms with E-state index in [-0.39, 0.29) is 34.3 Å². The number of hydrogen-bond acceptors (Lipinski definition) is 4. The molecule has 1 amide bonds. The number of nitro benzene ring substituents is 1. The van der Waals surface area contributed by atoms with Gasteiger partial charge in [-0.3, -0.25) is 14.9 Å². The average molecular weight is 315 g/mol. The highest BCUT2D eigenvalue weighted by Gasteiger charge is 2.28. The van der Waals surface area contributed by atoms with Crippen LogP contribution < -0.4 is 5.32 Å². The molecule has 0 heterocycles. The summed E-state index contributed by atoms with van der Waals surface area (Å²) in [5.74, 6) is -0.549. The fraction of sp³-hybridized carbons (Fsp3) is 0.500. The van der Waals surface area contributed by atoms with E-state index in [4.69, 9.17) is 16.7 Å². The lowest BCUT2D eigenvalue weighted by Gasteiger charge is -2.31. The van der Waals surface area contributed by atoms with Crippen LogP contribution in [0.5, 0.6) is 0 Å². The molecule has 0 spiro atoms. The smallest absolute Gasteiger partial charge is 0.283 e. The molecule has 1 aromatic carbocycles. The Labute approximate surface area is 128 Å². The SMILES string of the molecule is CC(C)(C)C(CCO)NC(=O)c1ccc(Cl)cc1[N+](=O)[O-]. The number of nitrogens with one attached hydrogen (secondary N) is 1. The molecule has 1 unspecified atom stereocenters. The fourth-order valence-electron chi connectivity index (χ4n) is 1.93. The molecule has 0 aliphatic rings. The van der Waals surface area contributed by atoms with Gasteiger partial charge in [0, 0.05) is 23.7 Å². The highest BCUT2D eigenvalue weighted by Crippen LogP contribution is 2.25. The number of hydrogen-bond donors (Lipinski definition) is 2. The van der Waals surface area contributed by atoms with Crippen LogP contribution in [0.1, 0.15) is 37.6 Å². The quantitative estimate of drug-likeness (QED) is 0.645. The predicted octanol–water partition coefficient (Wildman–Crippen LogP) is 2.78. The Morgan fingerprint density at radius 3 is 2.57 bits per heavy atom. The van der Waals surface area contributed by atoms with Gasteiger partial charge in [0.2, 0.25) is 0 Å². The predicted molar refractivity (Wildman–Crippen MR) is 80.5 cm³/mol. The molecule has 0 radical (unpaired) electrons. The van der Waals surface area contributed by atoms with Crippen molar-refractivity contribution in [3.63, 3.8) is 0 Å². The Kier molecular flexibility index (Phi) is 5.69. The maximum absolute atomic E-state index is 12.3. The van der Waals surface area contributed by atoms with Crippen LogP contribution >= 0.6 is 11.6 Å². The van der Waals surface area contributed by atoms with Gasteiger partial charge in [0.1, 0.15) is 5.56 Å². The number of halogens is 1. The van der Waals surface area contributed by atoms with Crippen molar-refractivity contribution in [1.82, 2.24) is 5.32 Å². The lowest BCUT2D eigenvalue weighted by Crippen LogP contribution is -2.44. The van der Waals surface area contributed by atoms with Gasteiger partial charge in [-0.15, -0.1) is 0 Å². The summed E-state index contributed by atoms with van der Waals surface area (Å²) in [6.45, 7) is 5.68. The topological polar surface area (TPSA) is 92.5 Å². The van der Waals surface area contributed by atoms with Gasteiger partial charge in [-0.2, -0.15) is 0 Å². The summed E-state index contributed by atoms with van der Waals surface area (Å²) in [4.78, 5) is 22.6. The van der Waals surface area contributed by atoms with E-state index in [2.05, 4.69) is 5.32 Å². The summed E-state index contributed by atoms with van der Waals surface area (Å²) >= 11 is 5.72. The highest BCUT2D eigenvalue weighted by molar-refractivity contribution is 6.31. The number of nitrogens with zero attached hydrogens (tertiary/aromatic N) is 1. The van der Waals surface area contributed by atoms with Crippen molar-refractivity contribution in [3.8, 4) is 0 Å². The Bertz CT molecular complexity index is 540. The summed E-state index contributed by atoms with van der Waals surface area (Å²) in [7, 11) is 0. The lowest BCUT2D eigenvalue weighted by molar-refractivity contribution is -0.385. The molecule has 2 N–H and O–H groups in total. The molecule has 0 aliphatic heterocycles. The van der Waals surface area contributed by atoms with Crippen LogP contribution in [0.4, 0.5) is 5.69 Å². The van der Waals surface area contributed by atoms with E-state index in [1.54, 1.807) is 0 Å². The molecule has 0 saturated carbocycles. The number of carbonyl (C=O) groups is 1. The van der Waals surface area contributed by atoms with Crippen molar-refractivity contribution in [2.24, 2.45) is 5.41 Å². The Morgan fingerprint density at radius 2 is 2.10 bits per heavy atom. The Balaban J connectivity index is 3.06. The van der Waals surface area contributed by atoms with Crippen molar-refractivity contribution in [1.29, 1.82) is 0 Å².